The molecule has 0 spiro atoms. The van der Waals surface area contributed by atoms with Crippen molar-refractivity contribution >= 4 is 34.5 Å². The Kier molecular flexibility index (Phi) is 5.10. The van der Waals surface area contributed by atoms with E-state index in [1.165, 1.54) is 0 Å². The maximum Gasteiger partial charge on any atom is 0.270 e. The van der Waals surface area contributed by atoms with Gasteiger partial charge >= 0.3 is 0 Å². The molecule has 0 radical (unpaired) electrons. The molecule has 3 N–H and O–H groups in total. The summed E-state index contributed by atoms with van der Waals surface area (Å²) in [6.45, 7) is 0. The maximum absolute atomic E-state index is 12.2. The Hall–Kier alpha value is -2.15. The Morgan fingerprint density at radius 2 is 2.19 bits per heavy atom. The molecule has 0 aliphatic carbocycles. The number of amides is 2. The van der Waals surface area contributed by atoms with Crippen molar-refractivity contribution in [2.75, 3.05) is 12.0 Å². The Morgan fingerprint density at radius 1 is 1.38 bits per heavy atom. The molecule has 0 aromatic carbocycles. The van der Waals surface area contributed by atoms with E-state index in [-0.39, 0.29) is 5.69 Å². The van der Waals surface area contributed by atoms with E-state index in [0.29, 0.717) is 11.9 Å². The standard InChI is InChI=1S/C14H16N4O2S/c1-21-7-5-11(13(15)19)18-14(20)12-3-2-9-8-16-6-4-10(9)17-12/h2-4,6,8,11H,5,7H2,1H3,(H2,15,19)(H,18,20)/t11-/m1/s1. The predicted molar refractivity (Wildman–Crippen MR) is 83.0 cm³/mol. The number of hydrogen-bond donors (Lipinski definition) is 2. The number of nitrogens with zero attached hydrogens (tertiary/aromatic N) is 2. The molecule has 7 heteroatoms. The largest absolute Gasteiger partial charge is 0.368 e. The second kappa shape index (κ2) is 7.03. The summed E-state index contributed by atoms with van der Waals surface area (Å²) in [5.74, 6) is -0.203. The zero-order valence-corrected chi connectivity index (χ0v) is 12.4. The quantitative estimate of drug-likeness (QED) is 0.828. The van der Waals surface area contributed by atoms with Gasteiger partial charge in [0.25, 0.3) is 5.91 Å². The molecule has 2 heterocycles. The highest BCUT2D eigenvalue weighted by molar-refractivity contribution is 7.98. The van der Waals surface area contributed by atoms with E-state index in [0.717, 1.165) is 11.1 Å². The zero-order chi connectivity index (χ0) is 15.2. The molecule has 0 aliphatic rings. The van der Waals surface area contributed by atoms with E-state index >= 15 is 0 Å². The van der Waals surface area contributed by atoms with Crippen molar-refractivity contribution in [3.05, 3.63) is 36.3 Å². The van der Waals surface area contributed by atoms with Gasteiger partial charge in [-0.1, -0.05) is 0 Å². The molecule has 2 aromatic heterocycles. The Bertz CT molecular complexity index is 662. The summed E-state index contributed by atoms with van der Waals surface area (Å²) in [5.41, 5.74) is 6.23. The van der Waals surface area contributed by atoms with Crippen LogP contribution in [0.5, 0.6) is 0 Å². The van der Waals surface area contributed by atoms with Crippen molar-refractivity contribution < 1.29 is 9.59 Å². The predicted octanol–water partition coefficient (Wildman–Crippen LogP) is 0.967. The van der Waals surface area contributed by atoms with Crippen LogP contribution in [0, 0.1) is 0 Å². The van der Waals surface area contributed by atoms with Crippen molar-refractivity contribution in [2.24, 2.45) is 5.73 Å². The van der Waals surface area contributed by atoms with Crippen LogP contribution in [0.4, 0.5) is 0 Å². The zero-order valence-electron chi connectivity index (χ0n) is 11.6. The molecule has 0 aliphatic heterocycles. The fraction of sp³-hybridized carbons (Fsp3) is 0.286. The van der Waals surface area contributed by atoms with E-state index in [9.17, 15) is 9.59 Å². The second-order valence-corrected chi connectivity index (χ2v) is 5.46. The van der Waals surface area contributed by atoms with Crippen LogP contribution >= 0.6 is 11.8 Å². The first-order valence-electron chi connectivity index (χ1n) is 6.41. The molecule has 0 saturated heterocycles. The number of hydrogen-bond acceptors (Lipinski definition) is 5. The number of nitrogens with two attached hydrogens (primary N) is 1. The summed E-state index contributed by atoms with van der Waals surface area (Å²) in [6, 6.07) is 4.42. The van der Waals surface area contributed by atoms with Crippen LogP contribution in [0.1, 0.15) is 16.9 Å². The maximum atomic E-state index is 12.2. The van der Waals surface area contributed by atoms with Gasteiger partial charge in [-0.05, 0) is 36.6 Å². The van der Waals surface area contributed by atoms with Crippen LogP contribution in [-0.2, 0) is 4.79 Å². The fourth-order valence-electron chi connectivity index (χ4n) is 1.85. The van der Waals surface area contributed by atoms with Gasteiger partial charge in [0.05, 0.1) is 5.52 Å². The van der Waals surface area contributed by atoms with Crippen molar-refractivity contribution in [3.8, 4) is 0 Å². The fourth-order valence-corrected chi connectivity index (χ4v) is 2.32. The Morgan fingerprint density at radius 3 is 2.90 bits per heavy atom. The molecule has 21 heavy (non-hydrogen) atoms. The third-order valence-corrected chi connectivity index (χ3v) is 3.63. The summed E-state index contributed by atoms with van der Waals surface area (Å²) in [7, 11) is 0. The average Bonchev–Trinajstić information content (AvgIpc) is 2.50. The minimum atomic E-state index is -0.681. The van der Waals surface area contributed by atoms with Gasteiger partial charge in [0.15, 0.2) is 0 Å². The third kappa shape index (κ3) is 3.91. The van der Waals surface area contributed by atoms with Gasteiger partial charge < -0.3 is 11.1 Å². The SMILES string of the molecule is CSCC[C@@H](NC(=O)c1ccc2cnccc2n1)C(N)=O. The Labute approximate surface area is 126 Å². The lowest BCUT2D eigenvalue weighted by molar-refractivity contribution is -0.119. The summed E-state index contributed by atoms with van der Waals surface area (Å²) in [5, 5.41) is 3.48. The highest BCUT2D eigenvalue weighted by Crippen LogP contribution is 2.10. The second-order valence-electron chi connectivity index (χ2n) is 4.47. The van der Waals surface area contributed by atoms with Gasteiger partial charge in [-0.15, -0.1) is 0 Å². The number of aromatic nitrogens is 2. The van der Waals surface area contributed by atoms with Crippen LogP contribution in [0.15, 0.2) is 30.6 Å². The molecule has 6 nitrogen and oxygen atoms in total. The van der Waals surface area contributed by atoms with E-state index < -0.39 is 17.9 Å². The van der Waals surface area contributed by atoms with Crippen LogP contribution in [0.25, 0.3) is 10.9 Å². The number of carbonyl (C=O) groups excluding carboxylic acids is 2. The van der Waals surface area contributed by atoms with Crippen LogP contribution in [0.2, 0.25) is 0 Å². The van der Waals surface area contributed by atoms with Gasteiger partial charge in [-0.2, -0.15) is 11.8 Å². The third-order valence-electron chi connectivity index (χ3n) is 2.98. The van der Waals surface area contributed by atoms with Gasteiger partial charge in [0, 0.05) is 17.8 Å². The first kappa shape index (κ1) is 15.2. The molecule has 2 amide bonds. The summed E-state index contributed by atoms with van der Waals surface area (Å²) in [6.07, 6.45) is 5.72. The van der Waals surface area contributed by atoms with Gasteiger partial charge in [0.1, 0.15) is 11.7 Å². The number of thioether (sulfide) groups is 1. The van der Waals surface area contributed by atoms with Crippen LogP contribution in [-0.4, -0.2) is 39.8 Å². The van der Waals surface area contributed by atoms with Crippen molar-refractivity contribution in [3.63, 3.8) is 0 Å². The monoisotopic (exact) mass is 304 g/mol. The van der Waals surface area contributed by atoms with Gasteiger partial charge in [-0.3, -0.25) is 14.6 Å². The highest BCUT2D eigenvalue weighted by atomic mass is 32.2. The van der Waals surface area contributed by atoms with Gasteiger partial charge in [-0.25, -0.2) is 4.98 Å². The number of rotatable bonds is 6. The lowest BCUT2D eigenvalue weighted by atomic mass is 10.2. The van der Waals surface area contributed by atoms with E-state index in [1.807, 2.05) is 6.26 Å². The topological polar surface area (TPSA) is 98.0 Å². The van der Waals surface area contributed by atoms with Crippen molar-refractivity contribution in [1.29, 1.82) is 0 Å². The van der Waals surface area contributed by atoms with E-state index in [4.69, 9.17) is 5.73 Å². The Balaban J connectivity index is 2.15. The van der Waals surface area contributed by atoms with E-state index in [2.05, 4.69) is 15.3 Å². The molecule has 0 saturated carbocycles. The lowest BCUT2D eigenvalue weighted by Crippen LogP contribution is -2.45. The molecule has 1 atom stereocenters. The molecule has 2 aromatic rings. The number of pyridine rings is 2. The summed E-state index contributed by atoms with van der Waals surface area (Å²) >= 11 is 1.59. The number of carbonyl (C=O) groups is 2. The first-order chi connectivity index (χ1) is 10.1. The normalized spacial score (nSPS) is 12.0. The smallest absolute Gasteiger partial charge is 0.270 e. The highest BCUT2D eigenvalue weighted by Gasteiger charge is 2.19. The molecular weight excluding hydrogens is 288 g/mol. The van der Waals surface area contributed by atoms with Crippen molar-refractivity contribution in [1.82, 2.24) is 15.3 Å². The summed E-state index contributed by atoms with van der Waals surface area (Å²) in [4.78, 5) is 31.8. The average molecular weight is 304 g/mol. The number of primary amides is 1. The number of nitrogens with one attached hydrogen (secondary N) is 1. The molecule has 0 fully saturated rings. The lowest BCUT2D eigenvalue weighted by Gasteiger charge is -2.14. The summed E-state index contributed by atoms with van der Waals surface area (Å²) < 4.78 is 0. The molecule has 2 rings (SSSR count). The molecule has 0 bridgehead atoms. The van der Waals surface area contributed by atoms with E-state index in [1.54, 1.807) is 42.4 Å². The molecular formula is C14H16N4O2S. The van der Waals surface area contributed by atoms with Crippen molar-refractivity contribution in [2.45, 2.75) is 12.5 Å². The number of fused-ring (bicyclic) bond motifs is 1. The molecule has 0 unspecified atom stereocenters. The minimum Gasteiger partial charge on any atom is -0.368 e. The van der Waals surface area contributed by atoms with Crippen LogP contribution in [0.3, 0.4) is 0 Å². The minimum absolute atomic E-state index is 0.254. The van der Waals surface area contributed by atoms with Gasteiger partial charge in [0.2, 0.25) is 5.91 Å². The van der Waals surface area contributed by atoms with Crippen LogP contribution < -0.4 is 11.1 Å². The molecule has 110 valence electrons. The first-order valence-corrected chi connectivity index (χ1v) is 7.81.